The fourth-order valence-corrected chi connectivity index (χ4v) is 6.34. The predicted molar refractivity (Wildman–Crippen MR) is 204 cm³/mol. The van der Waals surface area contributed by atoms with Gasteiger partial charge in [0, 0.05) is 15.6 Å². The van der Waals surface area contributed by atoms with Crippen molar-refractivity contribution in [2.24, 2.45) is 0 Å². The molecule has 48 heavy (non-hydrogen) atoms. The third kappa shape index (κ3) is 9.35. The summed E-state index contributed by atoms with van der Waals surface area (Å²) < 4.78 is 0.814. The zero-order valence-corrected chi connectivity index (χ0v) is 32.2. The summed E-state index contributed by atoms with van der Waals surface area (Å²) in [6, 6.07) is 31.1. The van der Waals surface area contributed by atoms with E-state index in [0.717, 1.165) is 26.7 Å². The Balaban J connectivity index is 0.000000260. The lowest BCUT2D eigenvalue weighted by Crippen LogP contribution is -2.50. The van der Waals surface area contributed by atoms with Crippen LogP contribution in [0.25, 0.3) is 0 Å². The number of carbonyl (C=O) groups is 2. The number of nitrogens with one attached hydrogen (secondary N) is 2. The summed E-state index contributed by atoms with van der Waals surface area (Å²) in [7, 11) is 8.10. The predicted octanol–water partition coefficient (Wildman–Crippen LogP) is 9.03. The van der Waals surface area contributed by atoms with Gasteiger partial charge >= 0.3 is 0 Å². The summed E-state index contributed by atoms with van der Waals surface area (Å²) in [5, 5.41) is 6.90. The molecule has 4 aromatic carbocycles. The monoisotopic (exact) mass is 732 g/mol. The van der Waals surface area contributed by atoms with Gasteiger partial charge in [0.15, 0.2) is 0 Å². The largest absolute Gasteiger partial charge is 0.343 e. The molecule has 0 heterocycles. The van der Waals surface area contributed by atoms with Crippen LogP contribution in [0.4, 0.5) is 0 Å². The molecule has 0 bridgehead atoms. The van der Waals surface area contributed by atoms with Gasteiger partial charge in [0.1, 0.15) is 0 Å². The van der Waals surface area contributed by atoms with E-state index in [4.69, 9.17) is 11.6 Å². The number of likely N-dealkylation sites (N-methyl/N-ethyl adjacent to an activating group) is 2. The molecule has 4 rings (SSSR count). The van der Waals surface area contributed by atoms with Gasteiger partial charge in [-0.05, 0) is 120 Å². The topological polar surface area (TPSA) is 64.7 Å². The van der Waals surface area contributed by atoms with E-state index in [2.05, 4.69) is 76.2 Å². The van der Waals surface area contributed by atoms with Crippen LogP contribution in [0.2, 0.25) is 5.02 Å². The molecule has 2 unspecified atom stereocenters. The number of carbonyl (C=O) groups excluding carboxylic acids is 2. The molecule has 6 nitrogen and oxygen atoms in total. The van der Waals surface area contributed by atoms with Gasteiger partial charge in [-0.2, -0.15) is 0 Å². The molecule has 2 amide bonds. The van der Waals surface area contributed by atoms with E-state index >= 15 is 0 Å². The van der Waals surface area contributed by atoms with Crippen molar-refractivity contribution < 1.29 is 9.59 Å². The van der Waals surface area contributed by atoms with E-state index in [0.29, 0.717) is 16.1 Å². The first-order valence-corrected chi connectivity index (χ1v) is 17.2. The molecule has 0 saturated heterocycles. The van der Waals surface area contributed by atoms with E-state index in [-0.39, 0.29) is 35.0 Å². The molecule has 0 aliphatic heterocycles. The van der Waals surface area contributed by atoms with Crippen molar-refractivity contribution >= 4 is 39.3 Å². The van der Waals surface area contributed by atoms with Crippen LogP contribution >= 0.6 is 27.5 Å². The highest BCUT2D eigenvalue weighted by Crippen LogP contribution is 2.32. The van der Waals surface area contributed by atoms with Crippen LogP contribution < -0.4 is 10.6 Å². The van der Waals surface area contributed by atoms with Crippen molar-refractivity contribution in [2.45, 2.75) is 64.7 Å². The van der Waals surface area contributed by atoms with E-state index in [9.17, 15) is 9.59 Å². The maximum absolute atomic E-state index is 13.0. The molecule has 256 valence electrons. The van der Waals surface area contributed by atoms with Crippen molar-refractivity contribution in [1.82, 2.24) is 20.4 Å². The first-order chi connectivity index (χ1) is 22.5. The number of rotatable bonds is 10. The quantitative estimate of drug-likeness (QED) is 0.171. The zero-order valence-electron chi connectivity index (χ0n) is 29.9. The second-order valence-corrected chi connectivity index (χ2v) is 14.9. The number of benzene rings is 4. The minimum absolute atomic E-state index is 0.0660. The van der Waals surface area contributed by atoms with Gasteiger partial charge < -0.3 is 20.4 Å². The number of nitrogens with zero attached hydrogens (tertiary/aromatic N) is 2. The lowest BCUT2D eigenvalue weighted by Gasteiger charge is -2.41. The standard InChI is InChI=1S/C20H25BrN2O.C20H25ClN2O/c2*1-14-10-9-13-16(21)17(14)19(24)22-18(20(2,3)23(4)5)15-11-7-6-8-12-15/h2*6-13,18H,1-5H3,(H,22,24). The fraction of sp³-hybridized carbons (Fsp3) is 0.350. The van der Waals surface area contributed by atoms with E-state index in [1.54, 1.807) is 6.07 Å². The first-order valence-electron chi connectivity index (χ1n) is 16.1. The van der Waals surface area contributed by atoms with Crippen molar-refractivity contribution in [2.75, 3.05) is 28.2 Å². The highest BCUT2D eigenvalue weighted by molar-refractivity contribution is 9.10. The maximum Gasteiger partial charge on any atom is 0.253 e. The Kier molecular flexibility index (Phi) is 13.6. The Morgan fingerprint density at radius 3 is 1.35 bits per heavy atom. The van der Waals surface area contributed by atoms with Gasteiger partial charge in [0.25, 0.3) is 11.8 Å². The summed E-state index contributed by atoms with van der Waals surface area (Å²) in [6.45, 7) is 12.4. The Morgan fingerprint density at radius 1 is 0.604 bits per heavy atom. The fourth-order valence-electron chi connectivity index (χ4n) is 5.39. The Bertz CT molecular complexity index is 1510. The molecule has 0 aliphatic rings. The van der Waals surface area contributed by atoms with Gasteiger partial charge in [-0.1, -0.05) is 96.5 Å². The molecule has 8 heteroatoms. The summed E-state index contributed by atoms with van der Waals surface area (Å²) in [5.74, 6) is -0.217. The summed E-state index contributed by atoms with van der Waals surface area (Å²) in [5.41, 5.74) is 4.69. The Morgan fingerprint density at radius 2 is 0.979 bits per heavy atom. The van der Waals surface area contributed by atoms with Crippen LogP contribution in [0.5, 0.6) is 0 Å². The van der Waals surface area contributed by atoms with Crippen LogP contribution in [0.3, 0.4) is 0 Å². The Labute approximate surface area is 301 Å². The molecule has 0 fully saturated rings. The second kappa shape index (κ2) is 16.8. The average Bonchev–Trinajstić information content (AvgIpc) is 3.03. The summed E-state index contributed by atoms with van der Waals surface area (Å²) in [4.78, 5) is 30.2. The number of aryl methyl sites for hydroxylation is 2. The SMILES string of the molecule is Cc1cccc(Br)c1C(=O)NC(c1ccccc1)C(C)(C)N(C)C.Cc1cccc(Cl)c1C(=O)NC(c1ccccc1)C(C)(C)N(C)C. The molecular formula is C40H50BrClN4O2. The van der Waals surface area contributed by atoms with Crippen molar-refractivity contribution in [1.29, 1.82) is 0 Å². The van der Waals surface area contributed by atoms with Gasteiger partial charge in [-0.25, -0.2) is 0 Å². The number of halogens is 2. The second-order valence-electron chi connectivity index (χ2n) is 13.6. The molecule has 4 aromatic rings. The highest BCUT2D eigenvalue weighted by Gasteiger charge is 2.36. The minimum atomic E-state index is -0.272. The van der Waals surface area contributed by atoms with Crippen LogP contribution in [-0.2, 0) is 0 Å². The molecule has 0 radical (unpaired) electrons. The molecule has 0 aromatic heterocycles. The number of hydrogen-bond acceptors (Lipinski definition) is 4. The number of hydrogen-bond donors (Lipinski definition) is 2. The maximum atomic E-state index is 13.0. The van der Waals surface area contributed by atoms with Gasteiger partial charge in [-0.3, -0.25) is 9.59 Å². The third-order valence-corrected chi connectivity index (χ3v) is 10.4. The van der Waals surface area contributed by atoms with Crippen molar-refractivity contribution in [3.63, 3.8) is 0 Å². The van der Waals surface area contributed by atoms with Crippen LogP contribution in [0.1, 0.15) is 82.7 Å². The van der Waals surface area contributed by atoms with Crippen LogP contribution in [-0.4, -0.2) is 60.9 Å². The number of amides is 2. The third-order valence-electron chi connectivity index (χ3n) is 9.43. The summed E-state index contributed by atoms with van der Waals surface area (Å²) >= 11 is 9.76. The van der Waals surface area contributed by atoms with Gasteiger partial charge in [-0.15, -0.1) is 0 Å². The first kappa shape index (κ1) is 39.0. The van der Waals surface area contributed by atoms with Crippen molar-refractivity contribution in [3.8, 4) is 0 Å². The van der Waals surface area contributed by atoms with Gasteiger partial charge in [0.2, 0.25) is 0 Å². The molecular weight excluding hydrogens is 684 g/mol. The summed E-state index contributed by atoms with van der Waals surface area (Å²) in [6.07, 6.45) is 0. The molecule has 0 aliphatic carbocycles. The molecule has 0 saturated carbocycles. The zero-order chi connectivity index (χ0) is 35.8. The van der Waals surface area contributed by atoms with Crippen LogP contribution in [0, 0.1) is 13.8 Å². The van der Waals surface area contributed by atoms with Crippen LogP contribution in [0.15, 0.2) is 102 Å². The van der Waals surface area contributed by atoms with Crippen molar-refractivity contribution in [3.05, 3.63) is 140 Å². The lowest BCUT2D eigenvalue weighted by atomic mass is 9.87. The lowest BCUT2D eigenvalue weighted by molar-refractivity contribution is 0.0833. The normalized spacial score (nSPS) is 13.0. The molecule has 0 spiro atoms. The molecule has 2 atom stereocenters. The average molecular weight is 734 g/mol. The smallest absolute Gasteiger partial charge is 0.253 e. The minimum Gasteiger partial charge on any atom is -0.343 e. The van der Waals surface area contributed by atoms with Gasteiger partial charge in [0.05, 0.1) is 28.2 Å². The van der Waals surface area contributed by atoms with E-state index < -0.39 is 0 Å². The Hall–Kier alpha value is -3.49. The highest BCUT2D eigenvalue weighted by atomic mass is 79.9. The molecule has 2 N–H and O–H groups in total. The van der Waals surface area contributed by atoms with E-state index in [1.807, 2.05) is 121 Å². The van der Waals surface area contributed by atoms with E-state index in [1.165, 1.54) is 0 Å².